The topological polar surface area (TPSA) is 79.6 Å². The van der Waals surface area contributed by atoms with Gasteiger partial charge in [-0.05, 0) is 56.1 Å². The number of hydrogen-bond acceptors (Lipinski definition) is 8. The standard InChI is InChI=1S/C27H33N7O2/c1-31-26(35)16-24(23-8-10-28-19-29-23)30-27(31)34-14-15-36-25(18-34)20-4-6-21(7-5-20)33-13-9-22(17-33)32-11-2-3-12-32/h4-8,10,16,19,22,25H,2-3,9,11-15,17-18H2,1H3. The van der Waals surface area contributed by atoms with Crippen LogP contribution in [0.2, 0.25) is 0 Å². The summed E-state index contributed by atoms with van der Waals surface area (Å²) in [6, 6.07) is 12.8. The van der Waals surface area contributed by atoms with E-state index in [9.17, 15) is 4.79 Å². The Morgan fingerprint density at radius 3 is 2.56 bits per heavy atom. The third kappa shape index (κ3) is 4.60. The number of anilines is 2. The molecule has 0 saturated carbocycles. The van der Waals surface area contributed by atoms with Crippen molar-refractivity contribution in [3.8, 4) is 11.4 Å². The van der Waals surface area contributed by atoms with Crippen molar-refractivity contribution in [2.24, 2.45) is 7.05 Å². The first kappa shape index (κ1) is 23.1. The SMILES string of the molecule is Cn1c(N2CCOC(c3ccc(N4CCC(N5CCCC5)C4)cc3)C2)nc(-c2ccncn2)cc1=O. The lowest BCUT2D eigenvalue weighted by atomic mass is 10.1. The molecule has 2 aromatic heterocycles. The van der Waals surface area contributed by atoms with E-state index in [1.807, 2.05) is 0 Å². The van der Waals surface area contributed by atoms with Gasteiger partial charge in [-0.3, -0.25) is 14.3 Å². The largest absolute Gasteiger partial charge is 0.370 e. The van der Waals surface area contributed by atoms with Crippen molar-refractivity contribution in [2.45, 2.75) is 31.4 Å². The van der Waals surface area contributed by atoms with Crippen LogP contribution in [-0.2, 0) is 11.8 Å². The van der Waals surface area contributed by atoms with Crippen molar-refractivity contribution in [1.82, 2.24) is 24.4 Å². The van der Waals surface area contributed by atoms with E-state index in [1.165, 1.54) is 50.4 Å². The zero-order chi connectivity index (χ0) is 24.5. The van der Waals surface area contributed by atoms with Crippen molar-refractivity contribution in [1.29, 1.82) is 0 Å². The fraction of sp³-hybridized carbons (Fsp3) is 0.481. The number of hydrogen-bond donors (Lipinski definition) is 0. The quantitative estimate of drug-likeness (QED) is 0.543. The summed E-state index contributed by atoms with van der Waals surface area (Å²) in [6.45, 7) is 6.64. The van der Waals surface area contributed by atoms with E-state index in [2.05, 4.69) is 48.9 Å². The maximum atomic E-state index is 12.7. The first-order chi connectivity index (χ1) is 17.7. The van der Waals surface area contributed by atoms with Crippen LogP contribution in [0.1, 0.15) is 30.9 Å². The van der Waals surface area contributed by atoms with E-state index in [0.717, 1.165) is 18.7 Å². The first-order valence-electron chi connectivity index (χ1n) is 13.0. The van der Waals surface area contributed by atoms with Crippen LogP contribution < -0.4 is 15.4 Å². The summed E-state index contributed by atoms with van der Waals surface area (Å²) in [7, 11) is 1.76. The van der Waals surface area contributed by atoms with Gasteiger partial charge in [0, 0.05) is 50.7 Å². The lowest BCUT2D eigenvalue weighted by Gasteiger charge is -2.34. The molecule has 3 aromatic rings. The van der Waals surface area contributed by atoms with Crippen LogP contribution in [0.15, 0.2) is 53.7 Å². The molecule has 0 radical (unpaired) electrons. The van der Waals surface area contributed by atoms with Crippen molar-refractivity contribution < 1.29 is 4.74 Å². The Kier molecular flexibility index (Phi) is 6.41. The molecule has 1 aromatic carbocycles. The lowest BCUT2D eigenvalue weighted by Crippen LogP contribution is -2.41. The zero-order valence-corrected chi connectivity index (χ0v) is 20.8. The fourth-order valence-electron chi connectivity index (χ4n) is 5.70. The van der Waals surface area contributed by atoms with E-state index >= 15 is 0 Å². The number of ether oxygens (including phenoxy) is 1. The summed E-state index contributed by atoms with van der Waals surface area (Å²) in [6.07, 6.45) is 6.99. The Morgan fingerprint density at radius 2 is 1.78 bits per heavy atom. The van der Waals surface area contributed by atoms with Gasteiger partial charge < -0.3 is 14.5 Å². The number of morpholine rings is 1. The van der Waals surface area contributed by atoms with Gasteiger partial charge in [0.05, 0.1) is 24.5 Å². The smallest absolute Gasteiger partial charge is 0.255 e. The van der Waals surface area contributed by atoms with Crippen molar-refractivity contribution in [3.63, 3.8) is 0 Å². The summed E-state index contributed by atoms with van der Waals surface area (Å²) in [5.41, 5.74) is 3.52. The van der Waals surface area contributed by atoms with Crippen LogP contribution in [-0.4, -0.2) is 76.3 Å². The Morgan fingerprint density at radius 1 is 0.944 bits per heavy atom. The molecule has 2 unspecified atom stereocenters. The summed E-state index contributed by atoms with van der Waals surface area (Å²) in [5, 5.41) is 0. The Hall–Kier alpha value is -3.30. The monoisotopic (exact) mass is 487 g/mol. The molecule has 3 aliphatic heterocycles. The molecular weight excluding hydrogens is 454 g/mol. The highest BCUT2D eigenvalue weighted by Crippen LogP contribution is 2.29. The molecule has 0 amide bonds. The highest BCUT2D eigenvalue weighted by atomic mass is 16.5. The van der Waals surface area contributed by atoms with Crippen LogP contribution >= 0.6 is 0 Å². The number of rotatable bonds is 5. The fourth-order valence-corrected chi connectivity index (χ4v) is 5.70. The van der Waals surface area contributed by atoms with Crippen LogP contribution in [0.3, 0.4) is 0 Å². The van der Waals surface area contributed by atoms with Crippen LogP contribution in [0.5, 0.6) is 0 Å². The molecule has 0 N–H and O–H groups in total. The third-order valence-corrected chi connectivity index (χ3v) is 7.76. The first-order valence-corrected chi connectivity index (χ1v) is 13.0. The maximum Gasteiger partial charge on any atom is 0.255 e. The molecule has 0 spiro atoms. The molecule has 3 aliphatic rings. The van der Waals surface area contributed by atoms with E-state index < -0.39 is 0 Å². The Balaban J connectivity index is 1.17. The van der Waals surface area contributed by atoms with Crippen LogP contribution in [0, 0.1) is 0 Å². The average Bonchev–Trinajstić information content (AvgIpc) is 3.64. The minimum Gasteiger partial charge on any atom is -0.370 e. The second-order valence-electron chi connectivity index (χ2n) is 9.96. The van der Waals surface area contributed by atoms with Gasteiger partial charge >= 0.3 is 0 Å². The van der Waals surface area contributed by atoms with Gasteiger partial charge in [-0.1, -0.05) is 12.1 Å². The minimum atomic E-state index is -0.112. The van der Waals surface area contributed by atoms with E-state index in [0.29, 0.717) is 43.1 Å². The summed E-state index contributed by atoms with van der Waals surface area (Å²) >= 11 is 0. The zero-order valence-electron chi connectivity index (χ0n) is 20.8. The van der Waals surface area contributed by atoms with E-state index in [-0.39, 0.29) is 11.7 Å². The lowest BCUT2D eigenvalue weighted by molar-refractivity contribution is 0.0390. The van der Waals surface area contributed by atoms with Gasteiger partial charge in [0.25, 0.3) is 5.56 Å². The van der Waals surface area contributed by atoms with Crippen LogP contribution in [0.4, 0.5) is 11.6 Å². The molecule has 188 valence electrons. The van der Waals surface area contributed by atoms with Gasteiger partial charge in [0.2, 0.25) is 5.95 Å². The number of nitrogens with zero attached hydrogens (tertiary/aromatic N) is 7. The highest BCUT2D eigenvalue weighted by Gasteiger charge is 2.30. The normalized spacial score (nSPS) is 22.9. The van der Waals surface area contributed by atoms with E-state index in [4.69, 9.17) is 9.72 Å². The summed E-state index contributed by atoms with van der Waals surface area (Å²) in [5.74, 6) is 0.631. The van der Waals surface area contributed by atoms with Gasteiger partial charge in [0.1, 0.15) is 12.4 Å². The van der Waals surface area contributed by atoms with Crippen molar-refractivity contribution in [2.75, 3.05) is 55.7 Å². The molecule has 36 heavy (non-hydrogen) atoms. The van der Waals surface area contributed by atoms with Crippen LogP contribution in [0.25, 0.3) is 11.4 Å². The molecular formula is C27H33N7O2. The second-order valence-corrected chi connectivity index (χ2v) is 9.96. The molecule has 9 heteroatoms. The second kappa shape index (κ2) is 9.99. The Labute approximate surface area is 211 Å². The number of benzene rings is 1. The van der Waals surface area contributed by atoms with Gasteiger partial charge in [-0.15, -0.1) is 0 Å². The number of likely N-dealkylation sites (tertiary alicyclic amines) is 1. The Bertz CT molecular complexity index is 1240. The molecule has 3 fully saturated rings. The maximum absolute atomic E-state index is 12.7. The highest BCUT2D eigenvalue weighted by molar-refractivity contribution is 5.55. The predicted molar refractivity (Wildman–Crippen MR) is 139 cm³/mol. The van der Waals surface area contributed by atoms with Gasteiger partial charge in [-0.2, -0.15) is 0 Å². The average molecular weight is 488 g/mol. The van der Waals surface area contributed by atoms with Crippen molar-refractivity contribution in [3.05, 3.63) is 64.8 Å². The van der Waals surface area contributed by atoms with Gasteiger partial charge in [0.15, 0.2) is 0 Å². The molecule has 9 nitrogen and oxygen atoms in total. The number of aromatic nitrogens is 4. The molecule has 5 heterocycles. The molecule has 6 rings (SSSR count). The molecule has 2 atom stereocenters. The van der Waals surface area contributed by atoms with Crippen molar-refractivity contribution >= 4 is 11.6 Å². The summed E-state index contributed by atoms with van der Waals surface area (Å²) in [4.78, 5) is 33.0. The minimum absolute atomic E-state index is 0.0802. The predicted octanol–water partition coefficient (Wildman–Crippen LogP) is 2.49. The summed E-state index contributed by atoms with van der Waals surface area (Å²) < 4.78 is 7.75. The van der Waals surface area contributed by atoms with Gasteiger partial charge in [-0.25, -0.2) is 15.0 Å². The molecule has 0 bridgehead atoms. The third-order valence-electron chi connectivity index (χ3n) is 7.76. The molecule has 3 saturated heterocycles. The molecule has 0 aliphatic carbocycles. The van der Waals surface area contributed by atoms with E-state index in [1.54, 1.807) is 23.9 Å².